The number of nitrogens with one attached hydrogen (secondary N) is 1. The largest absolute Gasteiger partial charge is 0.340 e. The minimum atomic E-state index is -0.185. The fraction of sp³-hybridized carbons (Fsp3) is 0.390. The van der Waals surface area contributed by atoms with Gasteiger partial charge in [-0.3, -0.25) is 19.6 Å². The fourth-order valence-corrected chi connectivity index (χ4v) is 8.18. The maximum atomic E-state index is 13.5. The summed E-state index contributed by atoms with van der Waals surface area (Å²) in [7, 11) is 0. The lowest BCUT2D eigenvalue weighted by molar-refractivity contribution is -0.134. The molecular weight excluding hydrogens is 608 g/mol. The summed E-state index contributed by atoms with van der Waals surface area (Å²) in [5.41, 5.74) is 11.6. The van der Waals surface area contributed by atoms with Crippen molar-refractivity contribution in [3.8, 4) is 11.3 Å². The molecule has 250 valence electrons. The van der Waals surface area contributed by atoms with Crippen LogP contribution in [-0.4, -0.2) is 61.4 Å². The molecular formula is C41H44N6O2. The Morgan fingerprint density at radius 1 is 0.776 bits per heavy atom. The van der Waals surface area contributed by atoms with Crippen LogP contribution < -0.4 is 0 Å². The van der Waals surface area contributed by atoms with Gasteiger partial charge in [-0.05, 0) is 91.0 Å². The number of fused-ring (bicyclic) bond motifs is 2. The Morgan fingerprint density at radius 3 is 2.31 bits per heavy atom. The van der Waals surface area contributed by atoms with Gasteiger partial charge in [0.2, 0.25) is 11.8 Å². The number of benzene rings is 2. The lowest BCUT2D eigenvalue weighted by atomic mass is 9.85. The van der Waals surface area contributed by atoms with E-state index in [1.165, 1.54) is 22.3 Å². The SMILES string of the molecule is CC(C)C(=O)N1CCC[C@H]1C1=NC=C(c2cc3c(cn2)Cc2cc(-c4cnc([C@@H]5CCCN5C(=O)[C@H](C)c5ccccc5)[nH]4)ccc2C3)C1. The Balaban J connectivity index is 0.943. The molecule has 0 unspecified atom stereocenters. The quantitative estimate of drug-likeness (QED) is 0.200. The molecule has 4 aliphatic rings. The number of hydrogen-bond donors (Lipinski definition) is 1. The van der Waals surface area contributed by atoms with Gasteiger partial charge in [-0.1, -0.05) is 56.3 Å². The molecule has 8 rings (SSSR count). The Morgan fingerprint density at radius 2 is 1.51 bits per heavy atom. The van der Waals surface area contributed by atoms with Crippen molar-refractivity contribution in [2.24, 2.45) is 10.9 Å². The number of rotatable bonds is 7. The minimum Gasteiger partial charge on any atom is -0.340 e. The predicted octanol–water partition coefficient (Wildman–Crippen LogP) is 7.27. The van der Waals surface area contributed by atoms with E-state index in [-0.39, 0.29) is 35.7 Å². The number of H-pyrrole nitrogens is 1. The van der Waals surface area contributed by atoms with E-state index >= 15 is 0 Å². The van der Waals surface area contributed by atoms with Gasteiger partial charge in [0.25, 0.3) is 0 Å². The first-order chi connectivity index (χ1) is 23.8. The van der Waals surface area contributed by atoms with E-state index in [2.05, 4.69) is 29.2 Å². The summed E-state index contributed by atoms with van der Waals surface area (Å²) in [6, 6.07) is 19.1. The van der Waals surface area contributed by atoms with Crippen molar-refractivity contribution in [1.29, 1.82) is 0 Å². The summed E-state index contributed by atoms with van der Waals surface area (Å²) in [4.78, 5) is 48.5. The normalized spacial score (nSPS) is 20.7. The Labute approximate surface area is 288 Å². The van der Waals surface area contributed by atoms with Crippen molar-refractivity contribution in [3.05, 3.63) is 113 Å². The van der Waals surface area contributed by atoms with Crippen LogP contribution in [-0.2, 0) is 22.4 Å². The average Bonchev–Trinajstić information content (AvgIpc) is 3.96. The molecule has 1 N–H and O–H groups in total. The van der Waals surface area contributed by atoms with E-state index in [1.807, 2.05) is 79.5 Å². The van der Waals surface area contributed by atoms with Crippen LogP contribution in [0.3, 0.4) is 0 Å². The second-order valence-electron chi connectivity index (χ2n) is 14.5. The molecule has 2 aromatic carbocycles. The first-order valence-corrected chi connectivity index (χ1v) is 17.9. The summed E-state index contributed by atoms with van der Waals surface area (Å²) >= 11 is 0. The number of hydrogen-bond acceptors (Lipinski definition) is 5. The third kappa shape index (κ3) is 5.91. The molecule has 0 spiro atoms. The molecule has 2 aromatic heterocycles. The highest BCUT2D eigenvalue weighted by molar-refractivity contribution is 6.03. The monoisotopic (exact) mass is 652 g/mol. The van der Waals surface area contributed by atoms with Crippen molar-refractivity contribution < 1.29 is 9.59 Å². The number of carbonyl (C=O) groups excluding carboxylic acids is 2. The van der Waals surface area contributed by atoms with Crippen LogP contribution in [0.25, 0.3) is 16.8 Å². The van der Waals surface area contributed by atoms with E-state index in [0.717, 1.165) is 97.7 Å². The van der Waals surface area contributed by atoms with E-state index in [0.29, 0.717) is 0 Å². The number of aromatic nitrogens is 3. The van der Waals surface area contributed by atoms with Crippen molar-refractivity contribution in [1.82, 2.24) is 24.8 Å². The van der Waals surface area contributed by atoms with Crippen molar-refractivity contribution in [2.45, 2.75) is 83.7 Å². The molecule has 2 amide bonds. The first kappa shape index (κ1) is 31.4. The summed E-state index contributed by atoms with van der Waals surface area (Å²) < 4.78 is 0. The molecule has 2 fully saturated rings. The van der Waals surface area contributed by atoms with Crippen LogP contribution in [0.1, 0.15) is 104 Å². The molecule has 8 heteroatoms. The number of likely N-dealkylation sites (tertiary alicyclic amines) is 2. The third-order valence-corrected chi connectivity index (χ3v) is 11.0. The van der Waals surface area contributed by atoms with Crippen molar-refractivity contribution in [3.63, 3.8) is 0 Å². The number of amides is 2. The van der Waals surface area contributed by atoms with E-state index in [4.69, 9.17) is 15.0 Å². The fourth-order valence-electron chi connectivity index (χ4n) is 8.18. The number of aromatic amines is 1. The third-order valence-electron chi connectivity index (χ3n) is 11.0. The van der Waals surface area contributed by atoms with Gasteiger partial charge in [0.05, 0.1) is 35.6 Å². The standard InChI is InChI=1S/C41H44N6O2/c1-25(2)40(48)46-15-7-11-37(46)35-21-33(23-43-35)34-20-31-17-28-13-14-29(18-30(28)19-32(31)22-42-34)36-24-44-39(45-36)38-12-8-16-47(38)41(49)26(3)27-9-5-4-6-10-27/h4-6,9-10,13-14,18,20,22-26,37-38H,7-8,11-12,15-17,19,21H2,1-3H3,(H,44,45)/t26-,37+,38+/m1/s1. The molecule has 0 bridgehead atoms. The van der Waals surface area contributed by atoms with Crippen molar-refractivity contribution >= 4 is 23.1 Å². The zero-order chi connectivity index (χ0) is 33.6. The molecule has 0 saturated carbocycles. The number of allylic oxidation sites excluding steroid dienone is 1. The van der Waals surface area contributed by atoms with Gasteiger partial charge in [-0.15, -0.1) is 0 Å². The van der Waals surface area contributed by atoms with E-state index in [9.17, 15) is 9.59 Å². The maximum absolute atomic E-state index is 13.5. The highest BCUT2D eigenvalue weighted by Gasteiger charge is 2.36. The zero-order valence-corrected chi connectivity index (χ0v) is 28.7. The molecule has 2 saturated heterocycles. The predicted molar refractivity (Wildman–Crippen MR) is 192 cm³/mol. The Kier molecular flexibility index (Phi) is 8.26. The summed E-state index contributed by atoms with van der Waals surface area (Å²) in [5.74, 6) is 1.06. The molecule has 5 heterocycles. The van der Waals surface area contributed by atoms with Crippen LogP contribution in [0, 0.1) is 5.92 Å². The summed E-state index contributed by atoms with van der Waals surface area (Å²) in [5, 5.41) is 0. The number of imidazole rings is 1. The van der Waals surface area contributed by atoms with Gasteiger partial charge in [0.15, 0.2) is 0 Å². The molecule has 49 heavy (non-hydrogen) atoms. The number of carbonyl (C=O) groups is 2. The smallest absolute Gasteiger partial charge is 0.230 e. The molecule has 3 aliphatic heterocycles. The van der Waals surface area contributed by atoms with E-state index < -0.39 is 0 Å². The van der Waals surface area contributed by atoms with E-state index in [1.54, 1.807) is 0 Å². The lowest BCUT2D eigenvalue weighted by Gasteiger charge is -2.27. The van der Waals surface area contributed by atoms with Crippen LogP contribution in [0.4, 0.5) is 0 Å². The lowest BCUT2D eigenvalue weighted by Crippen LogP contribution is -2.42. The second-order valence-corrected chi connectivity index (χ2v) is 14.5. The first-order valence-electron chi connectivity index (χ1n) is 17.9. The van der Waals surface area contributed by atoms with Gasteiger partial charge < -0.3 is 14.8 Å². The Bertz CT molecular complexity index is 1970. The summed E-state index contributed by atoms with van der Waals surface area (Å²) in [6.45, 7) is 7.54. The number of nitrogens with zero attached hydrogens (tertiary/aromatic N) is 5. The maximum Gasteiger partial charge on any atom is 0.230 e. The van der Waals surface area contributed by atoms with Crippen LogP contribution in [0.5, 0.6) is 0 Å². The molecule has 8 nitrogen and oxygen atoms in total. The number of pyridine rings is 1. The highest BCUT2D eigenvalue weighted by Crippen LogP contribution is 2.37. The molecule has 0 radical (unpaired) electrons. The topological polar surface area (TPSA) is 94.6 Å². The van der Waals surface area contributed by atoms with Crippen molar-refractivity contribution in [2.75, 3.05) is 13.1 Å². The molecule has 1 aliphatic carbocycles. The zero-order valence-electron chi connectivity index (χ0n) is 28.7. The van der Waals surface area contributed by atoms with Gasteiger partial charge in [-0.2, -0.15) is 0 Å². The van der Waals surface area contributed by atoms with Gasteiger partial charge in [0.1, 0.15) is 5.82 Å². The summed E-state index contributed by atoms with van der Waals surface area (Å²) in [6.07, 6.45) is 12.3. The van der Waals surface area contributed by atoms with Crippen LogP contribution >= 0.6 is 0 Å². The molecule has 4 aromatic rings. The Hall–Kier alpha value is -4.85. The molecule has 3 atom stereocenters. The van der Waals surface area contributed by atoms with Gasteiger partial charge in [0, 0.05) is 49.1 Å². The van der Waals surface area contributed by atoms with Gasteiger partial charge >= 0.3 is 0 Å². The minimum absolute atomic E-state index is 0.00228. The average molecular weight is 653 g/mol. The number of aliphatic imine (C=N–C) groups is 1. The highest BCUT2D eigenvalue weighted by atomic mass is 16.2. The van der Waals surface area contributed by atoms with Crippen LogP contribution in [0.15, 0.2) is 78.2 Å². The second kappa shape index (κ2) is 12.9. The van der Waals surface area contributed by atoms with Gasteiger partial charge in [-0.25, -0.2) is 4.98 Å². The van der Waals surface area contributed by atoms with Crippen LogP contribution in [0.2, 0.25) is 0 Å².